The van der Waals surface area contributed by atoms with E-state index in [0.29, 0.717) is 44.6 Å². The average Bonchev–Trinajstić information content (AvgIpc) is 3.50. The van der Waals surface area contributed by atoms with Gasteiger partial charge in [-0.1, -0.05) is 42.8 Å². The monoisotopic (exact) mass is 597 g/mol. The van der Waals surface area contributed by atoms with Crippen LogP contribution in [0.2, 0.25) is 0 Å². The number of hydroxylamine groups is 1. The molecule has 5 rings (SSSR count). The molecule has 3 atom stereocenters. The fourth-order valence-corrected chi connectivity index (χ4v) is 5.93. The minimum Gasteiger partial charge on any atom is -0.392 e. The van der Waals surface area contributed by atoms with Crippen molar-refractivity contribution in [1.82, 2.24) is 10.4 Å². The van der Waals surface area contributed by atoms with Crippen LogP contribution in [0.4, 0.5) is 5.69 Å². The number of benzene rings is 2. The van der Waals surface area contributed by atoms with Gasteiger partial charge in [0.05, 0.1) is 32.0 Å². The predicted octanol–water partition coefficient (Wildman–Crippen LogP) is 3.96. The largest absolute Gasteiger partial charge is 0.392 e. The lowest BCUT2D eigenvalue weighted by Gasteiger charge is -2.41. The molecular weight excluding hydrogens is 554 g/mol. The van der Waals surface area contributed by atoms with E-state index in [-0.39, 0.29) is 31.1 Å². The Morgan fingerprint density at radius 1 is 0.860 bits per heavy atom. The molecule has 234 valence electrons. The zero-order valence-corrected chi connectivity index (χ0v) is 24.5. The molecule has 0 saturated carbocycles. The zero-order chi connectivity index (χ0) is 30.1. The smallest absolute Gasteiger partial charge is 0.243 e. The van der Waals surface area contributed by atoms with Crippen LogP contribution in [0.5, 0.6) is 0 Å². The summed E-state index contributed by atoms with van der Waals surface area (Å²) in [7, 11) is 0. The van der Waals surface area contributed by atoms with Crippen molar-refractivity contribution >= 4 is 17.5 Å². The number of likely N-dealkylation sites (tertiary alicyclic amines) is 1. The van der Waals surface area contributed by atoms with Crippen molar-refractivity contribution in [2.45, 2.75) is 82.3 Å². The number of unbranched alkanes of at least 4 members (excludes halogenated alkanes) is 2. The summed E-state index contributed by atoms with van der Waals surface area (Å²) < 4.78 is 24.8. The zero-order valence-electron chi connectivity index (χ0n) is 24.5. The average molecular weight is 598 g/mol. The molecule has 0 bridgehead atoms. The predicted molar refractivity (Wildman–Crippen MR) is 157 cm³/mol. The summed E-state index contributed by atoms with van der Waals surface area (Å²) in [6, 6.07) is 15.4. The molecule has 2 aromatic rings. The standard InChI is InChI=1S/C32H43N3O8/c36-22-23-6-8-24(9-7-23)28-20-27(21-35-16-14-32(15-17-35)40-18-19-41-32)42-31(43-28)25-10-12-26(13-11-25)33-29(37)4-2-1-3-5-30(38)34-39/h6-13,27-28,31,36,39H,1-5,14-22H2,(H,33,37)(H,34,38). The van der Waals surface area contributed by atoms with Gasteiger partial charge in [-0.2, -0.15) is 0 Å². The number of nitrogens with zero attached hydrogens (tertiary/aromatic N) is 1. The third-order valence-electron chi connectivity index (χ3n) is 8.41. The number of anilines is 1. The molecule has 3 saturated heterocycles. The van der Waals surface area contributed by atoms with Crippen LogP contribution < -0.4 is 10.8 Å². The maximum absolute atomic E-state index is 12.4. The fraction of sp³-hybridized carbons (Fsp3) is 0.562. The van der Waals surface area contributed by atoms with Gasteiger partial charge in [-0.3, -0.25) is 14.8 Å². The second-order valence-corrected chi connectivity index (χ2v) is 11.5. The van der Waals surface area contributed by atoms with E-state index in [1.165, 1.54) is 0 Å². The SMILES string of the molecule is O=C(CCCCCC(=O)Nc1ccc(C2OC(CN3CCC4(CC3)OCCO4)CC(c3ccc(CO)cc3)O2)cc1)NO. The third kappa shape index (κ3) is 8.82. The second kappa shape index (κ2) is 15.2. The minimum absolute atomic E-state index is 0.00369. The Morgan fingerprint density at radius 3 is 2.16 bits per heavy atom. The molecule has 3 unspecified atom stereocenters. The Morgan fingerprint density at radius 2 is 1.51 bits per heavy atom. The summed E-state index contributed by atoms with van der Waals surface area (Å²) >= 11 is 0. The number of aliphatic hydroxyl groups excluding tert-OH is 1. The molecule has 3 heterocycles. The van der Waals surface area contributed by atoms with Crippen LogP contribution in [0.15, 0.2) is 48.5 Å². The summed E-state index contributed by atoms with van der Waals surface area (Å²) in [5.74, 6) is -0.920. The lowest BCUT2D eigenvalue weighted by Crippen LogP contribution is -2.48. The maximum Gasteiger partial charge on any atom is 0.243 e. The maximum atomic E-state index is 12.4. The van der Waals surface area contributed by atoms with Gasteiger partial charge in [-0.05, 0) is 36.1 Å². The van der Waals surface area contributed by atoms with Crippen molar-refractivity contribution in [3.05, 3.63) is 65.2 Å². The van der Waals surface area contributed by atoms with Gasteiger partial charge in [0.25, 0.3) is 0 Å². The number of hydrogen-bond donors (Lipinski definition) is 4. The van der Waals surface area contributed by atoms with E-state index in [2.05, 4.69) is 10.2 Å². The van der Waals surface area contributed by atoms with Crippen molar-refractivity contribution in [2.75, 3.05) is 38.2 Å². The highest BCUT2D eigenvalue weighted by Crippen LogP contribution is 2.39. The van der Waals surface area contributed by atoms with Crippen molar-refractivity contribution in [2.24, 2.45) is 0 Å². The Kier molecular flexibility index (Phi) is 11.1. The molecule has 11 nitrogen and oxygen atoms in total. The molecular formula is C32H43N3O8. The van der Waals surface area contributed by atoms with Crippen molar-refractivity contribution < 1.29 is 38.9 Å². The molecule has 3 fully saturated rings. The van der Waals surface area contributed by atoms with E-state index in [9.17, 15) is 14.7 Å². The second-order valence-electron chi connectivity index (χ2n) is 11.5. The fourth-order valence-electron chi connectivity index (χ4n) is 5.93. The number of nitrogens with one attached hydrogen (secondary N) is 2. The molecule has 1 spiro atoms. The van der Waals surface area contributed by atoms with Crippen molar-refractivity contribution in [3.63, 3.8) is 0 Å². The van der Waals surface area contributed by atoms with Crippen LogP contribution in [-0.4, -0.2) is 71.8 Å². The number of piperidine rings is 1. The van der Waals surface area contributed by atoms with Crippen LogP contribution in [0, 0.1) is 0 Å². The number of carbonyl (C=O) groups is 2. The van der Waals surface area contributed by atoms with Crippen LogP contribution in [0.1, 0.15) is 80.5 Å². The van der Waals surface area contributed by atoms with Gasteiger partial charge in [0.2, 0.25) is 11.8 Å². The first-order valence-corrected chi connectivity index (χ1v) is 15.3. The molecule has 2 aromatic carbocycles. The number of amides is 2. The Hall–Kier alpha value is -2.90. The van der Waals surface area contributed by atoms with E-state index >= 15 is 0 Å². The normalized spacial score (nSPS) is 23.7. The van der Waals surface area contributed by atoms with Crippen LogP contribution in [0.3, 0.4) is 0 Å². The minimum atomic E-state index is -0.570. The topological polar surface area (TPSA) is 139 Å². The van der Waals surface area contributed by atoms with Crippen LogP contribution >= 0.6 is 0 Å². The molecule has 4 N–H and O–H groups in total. The van der Waals surface area contributed by atoms with E-state index in [1.54, 1.807) is 5.48 Å². The Balaban J connectivity index is 1.18. The number of rotatable bonds is 12. The first-order chi connectivity index (χ1) is 20.9. The van der Waals surface area contributed by atoms with E-state index in [1.807, 2.05) is 48.5 Å². The van der Waals surface area contributed by atoms with Gasteiger partial charge in [-0.15, -0.1) is 0 Å². The molecule has 0 aromatic heterocycles. The summed E-state index contributed by atoms with van der Waals surface area (Å²) in [6.07, 6.45) is 4.20. The van der Waals surface area contributed by atoms with Gasteiger partial charge in [0.15, 0.2) is 12.1 Å². The summed E-state index contributed by atoms with van der Waals surface area (Å²) in [6.45, 7) is 3.87. The van der Waals surface area contributed by atoms with Crippen LogP contribution in [-0.2, 0) is 35.1 Å². The van der Waals surface area contributed by atoms with E-state index in [4.69, 9.17) is 24.2 Å². The first kappa shape index (κ1) is 31.5. The molecule has 43 heavy (non-hydrogen) atoms. The lowest BCUT2D eigenvalue weighted by molar-refractivity contribution is -0.255. The molecule has 3 aliphatic heterocycles. The van der Waals surface area contributed by atoms with E-state index < -0.39 is 18.0 Å². The number of carbonyl (C=O) groups excluding carboxylic acids is 2. The highest BCUT2D eigenvalue weighted by Gasteiger charge is 2.41. The first-order valence-electron chi connectivity index (χ1n) is 15.3. The molecule has 11 heteroatoms. The lowest BCUT2D eigenvalue weighted by atomic mass is 9.98. The molecule has 0 radical (unpaired) electrons. The summed E-state index contributed by atoms with van der Waals surface area (Å²) in [5.41, 5.74) is 5.07. The molecule has 0 aliphatic carbocycles. The Bertz CT molecular complexity index is 1180. The number of hydrogen-bond acceptors (Lipinski definition) is 9. The van der Waals surface area contributed by atoms with Crippen LogP contribution in [0.25, 0.3) is 0 Å². The van der Waals surface area contributed by atoms with Gasteiger partial charge in [-0.25, -0.2) is 5.48 Å². The van der Waals surface area contributed by atoms with Gasteiger partial charge >= 0.3 is 0 Å². The summed E-state index contributed by atoms with van der Waals surface area (Å²) in [5, 5.41) is 20.9. The number of aliphatic hydroxyl groups is 1. The number of ether oxygens (including phenoxy) is 4. The van der Waals surface area contributed by atoms with Gasteiger partial charge < -0.3 is 34.3 Å². The molecule has 2 amide bonds. The molecule has 3 aliphatic rings. The van der Waals surface area contributed by atoms with Gasteiger partial charge in [0, 0.05) is 63.0 Å². The van der Waals surface area contributed by atoms with Crippen molar-refractivity contribution in [3.8, 4) is 0 Å². The van der Waals surface area contributed by atoms with Gasteiger partial charge in [0.1, 0.15) is 0 Å². The van der Waals surface area contributed by atoms with Crippen molar-refractivity contribution in [1.29, 1.82) is 0 Å². The quantitative estimate of drug-likeness (QED) is 0.163. The summed E-state index contributed by atoms with van der Waals surface area (Å²) in [4.78, 5) is 25.9. The highest BCUT2D eigenvalue weighted by molar-refractivity contribution is 5.90. The van der Waals surface area contributed by atoms with E-state index in [0.717, 1.165) is 55.6 Å². The highest BCUT2D eigenvalue weighted by atomic mass is 16.7. The Labute approximate surface area is 252 Å². The third-order valence-corrected chi connectivity index (χ3v) is 8.41.